The number of hydrogen-bond acceptors (Lipinski definition) is 2. The minimum absolute atomic E-state index is 0.0602. The third-order valence-electron chi connectivity index (χ3n) is 4.03. The fraction of sp³-hybridized carbons (Fsp3) is 0.350. The fourth-order valence-electron chi connectivity index (χ4n) is 2.55. The second-order valence-corrected chi connectivity index (χ2v) is 6.32. The maximum absolute atomic E-state index is 13.3. The number of nitrogens with one attached hydrogen (secondary N) is 1. The van der Waals surface area contributed by atoms with Crippen molar-refractivity contribution in [2.75, 3.05) is 5.32 Å². The van der Waals surface area contributed by atoms with Crippen molar-refractivity contribution in [3.05, 3.63) is 58.7 Å². The van der Waals surface area contributed by atoms with Crippen LogP contribution in [-0.2, 0) is 13.0 Å². The number of halogens is 2. The highest BCUT2D eigenvalue weighted by Crippen LogP contribution is 2.31. The van der Waals surface area contributed by atoms with E-state index < -0.39 is 6.43 Å². The summed E-state index contributed by atoms with van der Waals surface area (Å²) < 4.78 is 32.6. The topological polar surface area (TPSA) is 21.3 Å². The number of anilines is 1. The van der Waals surface area contributed by atoms with Gasteiger partial charge in [-0.3, -0.25) is 0 Å². The molecule has 2 aromatic carbocycles. The average molecular weight is 363 g/mol. The van der Waals surface area contributed by atoms with E-state index in [4.69, 9.17) is 17.0 Å². The lowest BCUT2D eigenvalue weighted by Crippen LogP contribution is -2.13. The van der Waals surface area contributed by atoms with Crippen molar-refractivity contribution in [2.24, 2.45) is 0 Å². The van der Waals surface area contributed by atoms with Crippen molar-refractivity contribution in [1.29, 1.82) is 0 Å². The predicted molar refractivity (Wildman–Crippen MR) is 103 cm³/mol. The van der Waals surface area contributed by atoms with Gasteiger partial charge in [0.25, 0.3) is 6.43 Å². The molecule has 0 radical (unpaired) electrons. The lowest BCUT2D eigenvalue weighted by atomic mass is 10.1. The Kier molecular flexibility index (Phi) is 6.88. The second kappa shape index (κ2) is 8.90. The summed E-state index contributed by atoms with van der Waals surface area (Å²) in [5.41, 5.74) is 3.22. The van der Waals surface area contributed by atoms with Crippen LogP contribution in [0.4, 0.5) is 14.5 Å². The van der Waals surface area contributed by atoms with Crippen molar-refractivity contribution < 1.29 is 13.5 Å². The molecule has 2 aromatic rings. The highest BCUT2D eigenvalue weighted by molar-refractivity contribution is 7.80. The Morgan fingerprint density at radius 1 is 1.20 bits per heavy atom. The number of aryl methyl sites for hydroxylation is 2. The molecule has 0 fully saturated rings. The van der Waals surface area contributed by atoms with E-state index in [2.05, 4.69) is 18.3 Å². The summed E-state index contributed by atoms with van der Waals surface area (Å²) in [5, 5.41) is 2.95. The molecule has 0 heterocycles. The molecule has 0 aliphatic rings. The van der Waals surface area contributed by atoms with Crippen LogP contribution >= 0.6 is 12.2 Å². The van der Waals surface area contributed by atoms with E-state index >= 15 is 0 Å². The van der Waals surface area contributed by atoms with Gasteiger partial charge in [0.2, 0.25) is 0 Å². The van der Waals surface area contributed by atoms with E-state index in [0.717, 1.165) is 17.7 Å². The first-order chi connectivity index (χ1) is 12.0. The molecule has 0 aromatic heterocycles. The summed E-state index contributed by atoms with van der Waals surface area (Å²) in [6.45, 7) is 6.16. The van der Waals surface area contributed by atoms with Crippen LogP contribution in [0.25, 0.3) is 0 Å². The first-order valence-corrected chi connectivity index (χ1v) is 8.79. The molecule has 5 heteroatoms. The Morgan fingerprint density at radius 2 is 1.96 bits per heavy atom. The Hall–Kier alpha value is -2.01. The molecule has 0 bridgehead atoms. The first kappa shape index (κ1) is 19.3. The van der Waals surface area contributed by atoms with Crippen molar-refractivity contribution in [2.45, 2.75) is 46.6 Å². The SMILES string of the molecule is CCC(=S)Nc1c(COc2ccc(CC)cc2C)cccc1C(F)F. The van der Waals surface area contributed by atoms with E-state index in [1.165, 1.54) is 11.6 Å². The third-order valence-corrected chi connectivity index (χ3v) is 4.43. The summed E-state index contributed by atoms with van der Waals surface area (Å²) >= 11 is 5.17. The molecule has 1 N–H and O–H groups in total. The highest BCUT2D eigenvalue weighted by atomic mass is 32.1. The van der Waals surface area contributed by atoms with E-state index in [9.17, 15) is 8.78 Å². The van der Waals surface area contributed by atoms with Gasteiger partial charge in [-0.25, -0.2) is 8.78 Å². The summed E-state index contributed by atoms with van der Waals surface area (Å²) in [6.07, 6.45) is -1.03. The minimum Gasteiger partial charge on any atom is -0.489 e. The van der Waals surface area contributed by atoms with Gasteiger partial charge in [0.15, 0.2) is 0 Å². The zero-order valence-corrected chi connectivity index (χ0v) is 15.6. The zero-order chi connectivity index (χ0) is 18.4. The van der Waals surface area contributed by atoms with Crippen LogP contribution in [-0.4, -0.2) is 4.99 Å². The third kappa shape index (κ3) is 4.98. The van der Waals surface area contributed by atoms with Gasteiger partial charge < -0.3 is 10.1 Å². The molecule has 0 aliphatic carbocycles. The second-order valence-electron chi connectivity index (χ2n) is 5.83. The summed E-state index contributed by atoms with van der Waals surface area (Å²) in [7, 11) is 0. The predicted octanol–water partition coefficient (Wildman–Crippen LogP) is 6.22. The lowest BCUT2D eigenvalue weighted by Gasteiger charge is -2.18. The van der Waals surface area contributed by atoms with Crippen molar-refractivity contribution >= 4 is 22.9 Å². The van der Waals surface area contributed by atoms with Crippen LogP contribution in [0.2, 0.25) is 0 Å². The van der Waals surface area contributed by atoms with Gasteiger partial charge in [0.05, 0.1) is 10.7 Å². The number of alkyl halides is 2. The maximum atomic E-state index is 13.3. The molecule has 0 spiro atoms. The smallest absolute Gasteiger partial charge is 0.265 e. The molecule has 0 saturated heterocycles. The number of hydrogen-bond donors (Lipinski definition) is 1. The average Bonchev–Trinajstić information content (AvgIpc) is 2.60. The van der Waals surface area contributed by atoms with Crippen LogP contribution in [0.3, 0.4) is 0 Å². The first-order valence-electron chi connectivity index (χ1n) is 8.38. The molecule has 134 valence electrons. The molecular weight excluding hydrogens is 340 g/mol. The number of benzene rings is 2. The molecule has 0 atom stereocenters. The molecule has 0 amide bonds. The van der Waals surface area contributed by atoms with Gasteiger partial charge in [-0.05, 0) is 37.0 Å². The Morgan fingerprint density at radius 3 is 2.56 bits per heavy atom. The summed E-state index contributed by atoms with van der Waals surface area (Å²) in [5.74, 6) is 0.753. The van der Waals surface area contributed by atoms with Crippen molar-refractivity contribution in [3.63, 3.8) is 0 Å². The molecule has 0 aliphatic heterocycles. The molecule has 0 saturated carbocycles. The Balaban J connectivity index is 2.26. The van der Waals surface area contributed by atoms with Crippen LogP contribution in [0.5, 0.6) is 5.75 Å². The highest BCUT2D eigenvalue weighted by Gasteiger charge is 2.17. The van der Waals surface area contributed by atoms with Gasteiger partial charge in [-0.1, -0.05) is 56.4 Å². The number of rotatable bonds is 7. The molecule has 25 heavy (non-hydrogen) atoms. The van der Waals surface area contributed by atoms with E-state index in [-0.39, 0.29) is 12.2 Å². The zero-order valence-electron chi connectivity index (χ0n) is 14.7. The van der Waals surface area contributed by atoms with Gasteiger partial charge in [0, 0.05) is 11.1 Å². The van der Waals surface area contributed by atoms with E-state index in [1.54, 1.807) is 12.1 Å². The Bertz CT molecular complexity index is 746. The van der Waals surface area contributed by atoms with Crippen molar-refractivity contribution in [1.82, 2.24) is 0 Å². The maximum Gasteiger partial charge on any atom is 0.265 e. The largest absolute Gasteiger partial charge is 0.489 e. The van der Waals surface area contributed by atoms with Crippen molar-refractivity contribution in [3.8, 4) is 5.75 Å². The summed E-state index contributed by atoms with van der Waals surface area (Å²) in [4.78, 5) is 0.526. The molecular formula is C20H23F2NOS. The molecule has 0 unspecified atom stereocenters. The molecule has 2 nitrogen and oxygen atoms in total. The number of para-hydroxylation sites is 1. The number of thiocarbonyl (C=S) groups is 1. The van der Waals surface area contributed by atoms with Crippen LogP contribution in [0, 0.1) is 6.92 Å². The van der Waals surface area contributed by atoms with E-state index in [0.29, 0.717) is 22.7 Å². The Labute approximate surface area is 153 Å². The number of ether oxygens (including phenoxy) is 1. The van der Waals surface area contributed by atoms with E-state index in [1.807, 2.05) is 26.0 Å². The monoisotopic (exact) mass is 363 g/mol. The van der Waals surface area contributed by atoms with Crippen LogP contribution in [0.1, 0.15) is 48.9 Å². The lowest BCUT2D eigenvalue weighted by molar-refractivity contribution is 0.152. The fourth-order valence-corrected chi connectivity index (χ4v) is 2.65. The standard InChI is InChI=1S/C20H23F2NOS/c1-4-14-9-10-17(13(3)11-14)24-12-15-7-6-8-16(20(21)22)19(15)23-18(25)5-2/h6-11,20H,4-5,12H2,1-3H3,(H,23,25). The molecule has 2 rings (SSSR count). The van der Waals surface area contributed by atoms with Crippen LogP contribution < -0.4 is 10.1 Å². The minimum atomic E-state index is -2.58. The summed E-state index contributed by atoms with van der Waals surface area (Å²) in [6, 6.07) is 10.8. The van der Waals surface area contributed by atoms with Gasteiger partial charge in [0.1, 0.15) is 12.4 Å². The van der Waals surface area contributed by atoms with Gasteiger partial charge in [-0.2, -0.15) is 0 Å². The normalized spacial score (nSPS) is 10.8. The van der Waals surface area contributed by atoms with Gasteiger partial charge >= 0.3 is 0 Å². The van der Waals surface area contributed by atoms with Crippen LogP contribution in [0.15, 0.2) is 36.4 Å². The quantitative estimate of drug-likeness (QED) is 0.590. The van der Waals surface area contributed by atoms with Gasteiger partial charge in [-0.15, -0.1) is 0 Å².